The number of nitrogens with one attached hydrogen (secondary N) is 1. The Morgan fingerprint density at radius 2 is 2.18 bits per heavy atom. The highest BCUT2D eigenvalue weighted by atomic mass is 16.3. The van der Waals surface area contributed by atoms with Crippen LogP contribution in [0.2, 0.25) is 0 Å². The minimum Gasteiger partial charge on any atom is -0.508 e. The van der Waals surface area contributed by atoms with Crippen molar-refractivity contribution in [1.82, 2.24) is 9.78 Å². The number of phenolic OH excluding ortho intramolecular Hbond substituents is 1. The van der Waals surface area contributed by atoms with Crippen molar-refractivity contribution in [2.45, 2.75) is 6.92 Å². The molecule has 0 radical (unpaired) electrons. The van der Waals surface area contributed by atoms with Crippen molar-refractivity contribution in [2.75, 3.05) is 5.32 Å². The van der Waals surface area contributed by atoms with Gasteiger partial charge in [0.15, 0.2) is 5.69 Å². The van der Waals surface area contributed by atoms with Crippen molar-refractivity contribution in [2.24, 2.45) is 7.05 Å². The van der Waals surface area contributed by atoms with E-state index < -0.39 is 0 Å². The molecule has 5 heteroatoms. The summed E-state index contributed by atoms with van der Waals surface area (Å²) >= 11 is 0. The monoisotopic (exact) mass is 231 g/mol. The SMILES string of the molecule is Cc1c(O)cccc1NC(=O)c1ccn(C)n1. The Morgan fingerprint density at radius 3 is 2.82 bits per heavy atom. The Labute approximate surface area is 98.7 Å². The number of rotatable bonds is 2. The highest BCUT2D eigenvalue weighted by Crippen LogP contribution is 2.24. The molecule has 0 bridgehead atoms. The third-order valence-corrected chi connectivity index (χ3v) is 2.50. The van der Waals surface area contributed by atoms with Gasteiger partial charge in [-0.25, -0.2) is 0 Å². The van der Waals surface area contributed by atoms with Gasteiger partial charge in [-0.15, -0.1) is 0 Å². The number of aryl methyl sites for hydroxylation is 1. The van der Waals surface area contributed by atoms with E-state index in [0.717, 1.165) is 0 Å². The first kappa shape index (κ1) is 11.2. The summed E-state index contributed by atoms with van der Waals surface area (Å²) in [5.41, 5.74) is 1.56. The van der Waals surface area contributed by atoms with E-state index in [1.54, 1.807) is 49.1 Å². The van der Waals surface area contributed by atoms with Crippen LogP contribution in [0.3, 0.4) is 0 Å². The Balaban J connectivity index is 2.21. The number of carbonyl (C=O) groups excluding carboxylic acids is 1. The standard InChI is InChI=1S/C12H13N3O2/c1-8-9(4-3-5-11(8)16)13-12(17)10-6-7-15(2)14-10/h3-7,16H,1-2H3,(H,13,17). The molecule has 2 N–H and O–H groups in total. The molecule has 0 aliphatic rings. The third-order valence-electron chi connectivity index (χ3n) is 2.50. The van der Waals surface area contributed by atoms with Crippen LogP contribution in [0.15, 0.2) is 30.5 Å². The molecule has 1 aromatic heterocycles. The van der Waals surface area contributed by atoms with Crippen LogP contribution >= 0.6 is 0 Å². The van der Waals surface area contributed by atoms with Gasteiger partial charge in [0, 0.05) is 24.5 Å². The van der Waals surface area contributed by atoms with E-state index in [4.69, 9.17) is 0 Å². The average molecular weight is 231 g/mol. The number of benzene rings is 1. The maximum atomic E-state index is 11.8. The first-order valence-corrected chi connectivity index (χ1v) is 5.17. The van der Waals surface area contributed by atoms with Crippen LogP contribution in [0.5, 0.6) is 5.75 Å². The van der Waals surface area contributed by atoms with Crippen molar-refractivity contribution in [3.05, 3.63) is 41.7 Å². The Kier molecular flexibility index (Phi) is 2.82. The number of phenols is 1. The van der Waals surface area contributed by atoms with Crippen LogP contribution in [-0.4, -0.2) is 20.8 Å². The Bertz CT molecular complexity index is 561. The molecule has 88 valence electrons. The molecule has 0 fully saturated rings. The summed E-state index contributed by atoms with van der Waals surface area (Å²) in [5.74, 6) is -0.136. The van der Waals surface area contributed by atoms with Gasteiger partial charge in [-0.05, 0) is 25.1 Å². The summed E-state index contributed by atoms with van der Waals surface area (Å²) in [5, 5.41) is 16.2. The van der Waals surface area contributed by atoms with Crippen LogP contribution in [0.25, 0.3) is 0 Å². The number of anilines is 1. The minimum atomic E-state index is -0.292. The van der Waals surface area contributed by atoms with Gasteiger partial charge in [0.1, 0.15) is 5.75 Å². The lowest BCUT2D eigenvalue weighted by Crippen LogP contribution is -2.13. The van der Waals surface area contributed by atoms with Crippen molar-refractivity contribution in [3.63, 3.8) is 0 Å². The van der Waals surface area contributed by atoms with Crippen LogP contribution in [0, 0.1) is 6.92 Å². The number of aromatic hydroxyl groups is 1. The molecule has 2 aromatic rings. The largest absolute Gasteiger partial charge is 0.508 e. The average Bonchev–Trinajstić information content (AvgIpc) is 2.72. The van der Waals surface area contributed by atoms with Gasteiger partial charge in [0.05, 0.1) is 0 Å². The lowest BCUT2D eigenvalue weighted by molar-refractivity contribution is 0.102. The number of carbonyl (C=O) groups is 1. The second-order valence-corrected chi connectivity index (χ2v) is 3.78. The van der Waals surface area contributed by atoms with Gasteiger partial charge in [-0.2, -0.15) is 5.10 Å². The first-order valence-electron chi connectivity index (χ1n) is 5.17. The molecule has 0 aliphatic carbocycles. The molecule has 0 saturated heterocycles. The van der Waals surface area contributed by atoms with Gasteiger partial charge in [-0.1, -0.05) is 6.07 Å². The quantitative estimate of drug-likeness (QED) is 0.826. The van der Waals surface area contributed by atoms with Crippen LogP contribution < -0.4 is 5.32 Å². The molecule has 0 saturated carbocycles. The highest BCUT2D eigenvalue weighted by Gasteiger charge is 2.11. The summed E-state index contributed by atoms with van der Waals surface area (Å²) < 4.78 is 1.56. The van der Waals surface area contributed by atoms with Crippen molar-refractivity contribution in [1.29, 1.82) is 0 Å². The van der Waals surface area contributed by atoms with Crippen molar-refractivity contribution >= 4 is 11.6 Å². The molecule has 1 aromatic carbocycles. The van der Waals surface area contributed by atoms with Gasteiger partial charge >= 0.3 is 0 Å². The maximum Gasteiger partial charge on any atom is 0.276 e. The zero-order chi connectivity index (χ0) is 12.4. The molecular formula is C12H13N3O2. The van der Waals surface area contributed by atoms with E-state index in [1.165, 1.54) is 0 Å². The lowest BCUT2D eigenvalue weighted by atomic mass is 10.2. The first-order chi connectivity index (χ1) is 8.08. The molecule has 1 amide bonds. The normalized spacial score (nSPS) is 10.2. The molecule has 0 unspecified atom stereocenters. The van der Waals surface area contributed by atoms with Gasteiger partial charge < -0.3 is 10.4 Å². The summed E-state index contributed by atoms with van der Waals surface area (Å²) in [6, 6.07) is 6.62. The molecule has 17 heavy (non-hydrogen) atoms. The zero-order valence-electron chi connectivity index (χ0n) is 9.64. The zero-order valence-corrected chi connectivity index (χ0v) is 9.64. The molecule has 5 nitrogen and oxygen atoms in total. The van der Waals surface area contributed by atoms with Crippen LogP contribution in [0.1, 0.15) is 16.1 Å². The fraction of sp³-hybridized carbons (Fsp3) is 0.167. The summed E-state index contributed by atoms with van der Waals surface area (Å²) in [6.07, 6.45) is 1.70. The predicted octanol–water partition coefficient (Wildman–Crippen LogP) is 1.69. The van der Waals surface area contributed by atoms with E-state index >= 15 is 0 Å². The fourth-order valence-corrected chi connectivity index (χ4v) is 1.48. The number of amides is 1. The van der Waals surface area contributed by atoms with Crippen molar-refractivity contribution in [3.8, 4) is 5.75 Å². The molecule has 1 heterocycles. The fourth-order valence-electron chi connectivity index (χ4n) is 1.48. The topological polar surface area (TPSA) is 67.2 Å². The molecule has 2 rings (SSSR count). The van der Waals surface area contributed by atoms with E-state index in [1.807, 2.05) is 0 Å². The van der Waals surface area contributed by atoms with Gasteiger partial charge in [0.2, 0.25) is 0 Å². The third kappa shape index (κ3) is 2.28. The van der Waals surface area contributed by atoms with E-state index in [2.05, 4.69) is 10.4 Å². The summed E-state index contributed by atoms with van der Waals surface area (Å²) in [4.78, 5) is 11.8. The summed E-state index contributed by atoms with van der Waals surface area (Å²) in [6.45, 7) is 1.74. The number of aromatic nitrogens is 2. The van der Waals surface area contributed by atoms with E-state index in [9.17, 15) is 9.90 Å². The van der Waals surface area contributed by atoms with Gasteiger partial charge in [0.25, 0.3) is 5.91 Å². The number of hydrogen-bond donors (Lipinski definition) is 2. The maximum absolute atomic E-state index is 11.8. The van der Waals surface area contributed by atoms with Crippen LogP contribution in [-0.2, 0) is 7.05 Å². The molecule has 0 aliphatic heterocycles. The lowest BCUT2D eigenvalue weighted by Gasteiger charge is -2.07. The smallest absolute Gasteiger partial charge is 0.276 e. The Hall–Kier alpha value is -2.30. The summed E-state index contributed by atoms with van der Waals surface area (Å²) in [7, 11) is 1.75. The predicted molar refractivity (Wildman–Crippen MR) is 64.0 cm³/mol. The van der Waals surface area contributed by atoms with Crippen molar-refractivity contribution < 1.29 is 9.90 Å². The number of hydrogen-bond acceptors (Lipinski definition) is 3. The van der Waals surface area contributed by atoms with E-state index in [0.29, 0.717) is 16.9 Å². The van der Waals surface area contributed by atoms with E-state index in [-0.39, 0.29) is 11.7 Å². The highest BCUT2D eigenvalue weighted by molar-refractivity contribution is 6.03. The Morgan fingerprint density at radius 1 is 1.41 bits per heavy atom. The second kappa shape index (κ2) is 4.29. The minimum absolute atomic E-state index is 0.156. The second-order valence-electron chi connectivity index (χ2n) is 3.78. The number of nitrogens with zero attached hydrogens (tertiary/aromatic N) is 2. The van der Waals surface area contributed by atoms with Crippen LogP contribution in [0.4, 0.5) is 5.69 Å². The molecular weight excluding hydrogens is 218 g/mol. The molecule has 0 spiro atoms. The molecule has 0 atom stereocenters. The van der Waals surface area contributed by atoms with Gasteiger partial charge in [-0.3, -0.25) is 9.48 Å².